The van der Waals surface area contributed by atoms with Crippen LogP contribution in [0, 0.1) is 5.82 Å². The van der Waals surface area contributed by atoms with E-state index in [1.54, 1.807) is 46.9 Å². The van der Waals surface area contributed by atoms with Crippen molar-refractivity contribution < 1.29 is 14.6 Å². The molecule has 2 radical (unpaired) electrons. The number of rotatable bonds is 2. The molecule has 0 spiro atoms. The zero-order chi connectivity index (χ0) is 14.6. The van der Waals surface area contributed by atoms with Gasteiger partial charge >= 0.3 is 0 Å². The van der Waals surface area contributed by atoms with E-state index in [1.807, 2.05) is 0 Å². The Bertz CT molecular complexity index is 372. The molecule has 0 aliphatic carbocycles. The van der Waals surface area contributed by atoms with E-state index in [0.29, 0.717) is 5.69 Å². The van der Waals surface area contributed by atoms with Crippen LogP contribution in [0.25, 0.3) is 0 Å². The lowest BCUT2D eigenvalue weighted by atomic mass is 9.90. The Morgan fingerprint density at radius 3 is 1.83 bits per heavy atom. The number of aliphatic hydroxyl groups is 2. The summed E-state index contributed by atoms with van der Waals surface area (Å²) in [5.41, 5.74) is -1.41. The van der Waals surface area contributed by atoms with Gasteiger partial charge in [-0.25, -0.2) is 4.39 Å². The van der Waals surface area contributed by atoms with Crippen molar-refractivity contribution >= 4 is 19.0 Å². The maximum atomic E-state index is 12.8. The van der Waals surface area contributed by atoms with Crippen LogP contribution in [0.4, 0.5) is 10.1 Å². The van der Waals surface area contributed by atoms with Gasteiger partial charge in [0.25, 0.3) is 0 Å². The van der Waals surface area contributed by atoms with Gasteiger partial charge in [0.1, 0.15) is 13.7 Å². The first-order valence-corrected chi connectivity index (χ1v) is 5.67. The summed E-state index contributed by atoms with van der Waals surface area (Å²) in [4.78, 5) is 0. The second-order valence-electron chi connectivity index (χ2n) is 5.08. The highest BCUT2D eigenvalue weighted by Gasteiger charge is 2.31. The first-order valence-electron chi connectivity index (χ1n) is 5.67. The van der Waals surface area contributed by atoms with Crippen LogP contribution in [-0.4, -0.2) is 36.3 Å². The Balaban J connectivity index is 0.000000331. The van der Waals surface area contributed by atoms with E-state index in [0.717, 1.165) is 0 Å². The van der Waals surface area contributed by atoms with Gasteiger partial charge in [-0.15, -0.1) is 0 Å². The Hall–Kier alpha value is -1.07. The molecule has 0 aliphatic rings. The highest BCUT2D eigenvalue weighted by atomic mass is 19.1. The molecular weight excluding hydrogens is 232 g/mol. The topological polar surface area (TPSA) is 52.5 Å². The molecule has 0 amide bonds. The predicted octanol–water partition coefficient (Wildman–Crippen LogP) is 1.19. The van der Waals surface area contributed by atoms with Crippen LogP contribution < -0.4 is 10.8 Å². The minimum atomic E-state index is -1.01. The lowest BCUT2D eigenvalue weighted by Crippen LogP contribution is -2.44. The van der Waals surface area contributed by atoms with Gasteiger partial charge in [0, 0.05) is 7.05 Å². The van der Waals surface area contributed by atoms with Crippen LogP contribution >= 0.6 is 0 Å². The Labute approximate surface area is 109 Å². The van der Waals surface area contributed by atoms with Crippen molar-refractivity contribution in [3.8, 4) is 0 Å². The number of hydrogen-bond acceptors (Lipinski definition) is 3. The van der Waals surface area contributed by atoms with Crippen molar-refractivity contribution in [2.24, 2.45) is 0 Å². The van der Waals surface area contributed by atoms with Crippen LogP contribution in [0.3, 0.4) is 0 Å². The summed E-state index contributed by atoms with van der Waals surface area (Å²) < 4.78 is 12.8. The lowest BCUT2D eigenvalue weighted by Gasteiger charge is -2.31. The van der Waals surface area contributed by atoms with E-state index in [1.165, 1.54) is 6.07 Å². The molecule has 0 fully saturated rings. The second-order valence-corrected chi connectivity index (χ2v) is 5.08. The van der Waals surface area contributed by atoms with Gasteiger partial charge in [0.15, 0.2) is 0 Å². The van der Waals surface area contributed by atoms with Crippen LogP contribution in [0.2, 0.25) is 0 Å². The summed E-state index contributed by atoms with van der Waals surface area (Å²) in [6.45, 7) is 6.31. The minimum Gasteiger partial charge on any atom is -0.387 e. The molecule has 0 atom stereocenters. The van der Waals surface area contributed by atoms with E-state index in [9.17, 15) is 4.39 Å². The van der Waals surface area contributed by atoms with Gasteiger partial charge in [-0.1, -0.05) is 17.6 Å². The van der Waals surface area contributed by atoms with E-state index in [4.69, 9.17) is 18.1 Å². The van der Waals surface area contributed by atoms with E-state index in [2.05, 4.69) is 5.32 Å². The predicted molar refractivity (Wildman–Crippen MR) is 73.9 cm³/mol. The molecule has 3 nitrogen and oxygen atoms in total. The fourth-order valence-corrected chi connectivity index (χ4v) is 0.743. The van der Waals surface area contributed by atoms with Crippen molar-refractivity contribution in [2.75, 3.05) is 12.4 Å². The molecule has 100 valence electrons. The van der Waals surface area contributed by atoms with Crippen molar-refractivity contribution in [2.45, 2.75) is 38.9 Å². The molecule has 1 aromatic rings. The highest BCUT2D eigenvalue weighted by molar-refractivity contribution is 6.32. The number of nitrogens with one attached hydrogen (secondary N) is 1. The van der Waals surface area contributed by atoms with Crippen molar-refractivity contribution in [1.82, 2.24) is 0 Å². The molecule has 3 N–H and O–H groups in total. The molecule has 0 aliphatic heterocycles. The van der Waals surface area contributed by atoms with Crippen molar-refractivity contribution in [3.05, 3.63) is 24.0 Å². The highest BCUT2D eigenvalue weighted by Crippen LogP contribution is 2.19. The normalized spacial score (nSPS) is 11.6. The second kappa shape index (κ2) is 6.20. The smallest absolute Gasteiger partial charge is 0.139 e. The zero-order valence-corrected chi connectivity index (χ0v) is 11.6. The summed E-state index contributed by atoms with van der Waals surface area (Å²) >= 11 is 0. The largest absolute Gasteiger partial charge is 0.387 e. The third-order valence-corrected chi connectivity index (χ3v) is 2.80. The molecule has 5 heteroatoms. The molecule has 0 aromatic heterocycles. The quantitative estimate of drug-likeness (QED) is 0.694. The molecule has 1 rings (SSSR count). The molecule has 0 heterocycles. The Kier molecular flexibility index (Phi) is 5.84. The lowest BCUT2D eigenvalue weighted by molar-refractivity contribution is -0.107. The van der Waals surface area contributed by atoms with Crippen LogP contribution in [0.5, 0.6) is 0 Å². The van der Waals surface area contributed by atoms with Crippen LogP contribution in [-0.2, 0) is 0 Å². The van der Waals surface area contributed by atoms with Gasteiger partial charge in [-0.3, -0.25) is 0 Å². The summed E-state index contributed by atoms with van der Waals surface area (Å²) in [5.74, 6) is -0.384. The molecule has 0 unspecified atom stereocenters. The summed E-state index contributed by atoms with van der Waals surface area (Å²) in [5, 5.41) is 20.9. The molecular formula is C13H21BFNO2. The molecule has 18 heavy (non-hydrogen) atoms. The van der Waals surface area contributed by atoms with Crippen LogP contribution in [0.15, 0.2) is 18.2 Å². The SMILES string of the molecule is CC(C)(O)C(C)(C)O.[B]c1cccc(NC)c1F. The van der Waals surface area contributed by atoms with Gasteiger partial charge in [-0.05, 0) is 33.8 Å². The van der Waals surface area contributed by atoms with Crippen LogP contribution in [0.1, 0.15) is 27.7 Å². The maximum absolute atomic E-state index is 12.8. The van der Waals surface area contributed by atoms with Gasteiger partial charge in [0.05, 0.1) is 16.9 Å². The van der Waals surface area contributed by atoms with E-state index < -0.39 is 11.2 Å². The van der Waals surface area contributed by atoms with Gasteiger partial charge in [0.2, 0.25) is 0 Å². The molecule has 0 saturated heterocycles. The summed E-state index contributed by atoms with van der Waals surface area (Å²) in [7, 11) is 6.93. The number of anilines is 1. The Morgan fingerprint density at radius 1 is 1.11 bits per heavy atom. The average Bonchev–Trinajstić information content (AvgIpc) is 2.20. The summed E-state index contributed by atoms with van der Waals surface area (Å²) in [6, 6.07) is 4.85. The number of benzene rings is 1. The maximum Gasteiger partial charge on any atom is 0.139 e. The van der Waals surface area contributed by atoms with E-state index >= 15 is 0 Å². The van der Waals surface area contributed by atoms with Gasteiger partial charge in [-0.2, -0.15) is 0 Å². The number of halogens is 1. The van der Waals surface area contributed by atoms with E-state index in [-0.39, 0.29) is 11.3 Å². The van der Waals surface area contributed by atoms with Crippen molar-refractivity contribution in [3.63, 3.8) is 0 Å². The zero-order valence-electron chi connectivity index (χ0n) is 11.6. The molecule has 1 aromatic carbocycles. The molecule has 0 saturated carbocycles. The molecule has 0 bridgehead atoms. The third kappa shape index (κ3) is 5.06. The standard InChI is InChI=1S/C7H7BFN.C6H14O2/c1-10-6-4-2-3-5(8)7(6)9;1-5(2,7)6(3,4)8/h2-4,10H,1H3;7-8H,1-4H3. The van der Waals surface area contributed by atoms with Gasteiger partial charge < -0.3 is 15.5 Å². The first kappa shape index (κ1) is 16.9. The fourth-order valence-electron chi connectivity index (χ4n) is 0.743. The fraction of sp³-hybridized carbons (Fsp3) is 0.538. The third-order valence-electron chi connectivity index (χ3n) is 2.80. The Morgan fingerprint density at radius 2 is 1.56 bits per heavy atom. The summed E-state index contributed by atoms with van der Waals surface area (Å²) in [6.07, 6.45) is 0. The number of hydrogen-bond donors (Lipinski definition) is 3. The minimum absolute atomic E-state index is 0.173. The first-order chi connectivity index (χ1) is 8.00. The van der Waals surface area contributed by atoms with Crippen molar-refractivity contribution in [1.29, 1.82) is 0 Å². The monoisotopic (exact) mass is 253 g/mol. The average molecular weight is 253 g/mol.